The summed E-state index contributed by atoms with van der Waals surface area (Å²) in [5.74, 6) is -0.336. The predicted octanol–water partition coefficient (Wildman–Crippen LogP) is 4.04. The smallest absolute Gasteiger partial charge is 0.277 e. The molecular formula is C17H14ClN3O5. The van der Waals surface area contributed by atoms with Crippen LogP contribution in [0.2, 0.25) is 5.02 Å². The van der Waals surface area contributed by atoms with Gasteiger partial charge in [0.25, 0.3) is 17.3 Å². The number of nitro groups is 2. The van der Waals surface area contributed by atoms with Gasteiger partial charge < -0.3 is 5.32 Å². The molecule has 1 aliphatic carbocycles. The van der Waals surface area contributed by atoms with Crippen LogP contribution in [0.25, 0.3) is 0 Å². The number of non-ortho nitro benzene ring substituents is 2. The lowest BCUT2D eigenvalue weighted by Gasteiger charge is -2.19. The monoisotopic (exact) mass is 375 g/mol. The maximum Gasteiger partial charge on any atom is 0.277 e. The number of nitrogens with zero attached hydrogens (tertiary/aromatic N) is 2. The van der Waals surface area contributed by atoms with Crippen LogP contribution < -0.4 is 5.32 Å². The average molecular weight is 376 g/mol. The maximum atomic E-state index is 12.6. The van der Waals surface area contributed by atoms with Crippen LogP contribution in [0, 0.1) is 26.1 Å². The van der Waals surface area contributed by atoms with Crippen molar-refractivity contribution >= 4 is 28.9 Å². The number of amides is 1. The fourth-order valence-corrected chi connectivity index (χ4v) is 2.86. The second-order valence-corrected chi connectivity index (χ2v) is 6.53. The van der Waals surface area contributed by atoms with E-state index in [1.54, 1.807) is 12.1 Å². The number of carbonyl (C=O) groups is 1. The zero-order valence-electron chi connectivity index (χ0n) is 13.4. The third kappa shape index (κ3) is 3.97. The van der Waals surface area contributed by atoms with E-state index in [0.717, 1.165) is 36.6 Å². The second-order valence-electron chi connectivity index (χ2n) is 6.09. The standard InChI is InChI=1S/C17H14ClN3O5/c18-13-5-3-11(4-6-13)16(10-1-2-10)19-17(22)12-7-14(20(23)24)9-15(8-12)21(25)26/h3-10,16H,1-2H2,(H,19,22). The number of carbonyl (C=O) groups excluding carboxylic acids is 1. The van der Waals surface area contributed by atoms with Crippen molar-refractivity contribution in [3.05, 3.63) is 78.8 Å². The molecule has 1 atom stereocenters. The molecule has 1 fully saturated rings. The Hall–Kier alpha value is -3.00. The Bertz CT molecular complexity index is 848. The van der Waals surface area contributed by atoms with Gasteiger partial charge in [-0.3, -0.25) is 25.0 Å². The van der Waals surface area contributed by atoms with Crippen molar-refractivity contribution in [2.24, 2.45) is 5.92 Å². The molecule has 1 amide bonds. The molecule has 0 radical (unpaired) electrons. The quantitative estimate of drug-likeness (QED) is 0.604. The first-order valence-electron chi connectivity index (χ1n) is 7.85. The summed E-state index contributed by atoms with van der Waals surface area (Å²) in [5, 5.41) is 25.4. The van der Waals surface area contributed by atoms with Crippen LogP contribution in [0.4, 0.5) is 11.4 Å². The summed E-state index contributed by atoms with van der Waals surface area (Å²) in [6.45, 7) is 0. The zero-order valence-corrected chi connectivity index (χ0v) is 14.2. The average Bonchev–Trinajstić information content (AvgIpc) is 3.44. The maximum absolute atomic E-state index is 12.6. The summed E-state index contributed by atoms with van der Waals surface area (Å²) < 4.78 is 0. The number of benzene rings is 2. The molecule has 0 saturated heterocycles. The van der Waals surface area contributed by atoms with Crippen LogP contribution in [0.1, 0.15) is 34.8 Å². The summed E-state index contributed by atoms with van der Waals surface area (Å²) in [4.78, 5) is 33.0. The van der Waals surface area contributed by atoms with E-state index in [9.17, 15) is 25.0 Å². The molecule has 9 heteroatoms. The van der Waals surface area contributed by atoms with E-state index in [4.69, 9.17) is 11.6 Å². The van der Waals surface area contributed by atoms with Crippen molar-refractivity contribution in [2.75, 3.05) is 0 Å². The molecule has 1 aliphatic rings. The van der Waals surface area contributed by atoms with Gasteiger partial charge in [0, 0.05) is 17.2 Å². The first-order chi connectivity index (χ1) is 12.3. The van der Waals surface area contributed by atoms with E-state index in [1.807, 2.05) is 12.1 Å². The Labute approximate surface area is 153 Å². The summed E-state index contributed by atoms with van der Waals surface area (Å²) >= 11 is 5.89. The number of rotatable bonds is 6. The summed E-state index contributed by atoms with van der Waals surface area (Å²) in [5.41, 5.74) is -0.256. The van der Waals surface area contributed by atoms with E-state index in [2.05, 4.69) is 5.32 Å². The number of hydrogen-bond donors (Lipinski definition) is 1. The van der Waals surface area contributed by atoms with Gasteiger partial charge in [0.05, 0.1) is 27.5 Å². The topological polar surface area (TPSA) is 115 Å². The minimum Gasteiger partial charge on any atom is -0.345 e. The number of hydrogen-bond acceptors (Lipinski definition) is 5. The first-order valence-corrected chi connectivity index (χ1v) is 8.23. The molecule has 1 unspecified atom stereocenters. The van der Waals surface area contributed by atoms with Crippen LogP contribution in [0.15, 0.2) is 42.5 Å². The Morgan fingerprint density at radius 3 is 2.04 bits per heavy atom. The molecule has 1 saturated carbocycles. The van der Waals surface area contributed by atoms with E-state index in [-0.39, 0.29) is 17.5 Å². The van der Waals surface area contributed by atoms with Gasteiger partial charge in [0.1, 0.15) is 0 Å². The molecule has 134 valence electrons. The Balaban J connectivity index is 1.89. The van der Waals surface area contributed by atoms with Crippen molar-refractivity contribution in [3.8, 4) is 0 Å². The number of nitrogens with one attached hydrogen (secondary N) is 1. The first kappa shape index (κ1) is 17.8. The van der Waals surface area contributed by atoms with Gasteiger partial charge in [-0.25, -0.2) is 0 Å². The molecule has 0 bridgehead atoms. The molecule has 3 rings (SSSR count). The number of nitro benzene ring substituents is 2. The Morgan fingerprint density at radius 2 is 1.58 bits per heavy atom. The predicted molar refractivity (Wildman–Crippen MR) is 94.1 cm³/mol. The summed E-state index contributed by atoms with van der Waals surface area (Å²) in [6, 6.07) is 9.67. The van der Waals surface area contributed by atoms with Crippen LogP contribution in [0.3, 0.4) is 0 Å². The largest absolute Gasteiger partial charge is 0.345 e. The van der Waals surface area contributed by atoms with Gasteiger partial charge in [0.15, 0.2) is 0 Å². The minimum atomic E-state index is -0.763. The Morgan fingerprint density at radius 1 is 1.04 bits per heavy atom. The van der Waals surface area contributed by atoms with Crippen molar-refractivity contribution in [1.82, 2.24) is 5.32 Å². The van der Waals surface area contributed by atoms with Crippen LogP contribution in [0.5, 0.6) is 0 Å². The molecule has 0 aromatic heterocycles. The molecule has 8 nitrogen and oxygen atoms in total. The van der Waals surface area contributed by atoms with Crippen LogP contribution >= 0.6 is 11.6 Å². The molecular weight excluding hydrogens is 362 g/mol. The van der Waals surface area contributed by atoms with Crippen molar-refractivity contribution in [1.29, 1.82) is 0 Å². The van der Waals surface area contributed by atoms with Crippen LogP contribution in [-0.2, 0) is 0 Å². The summed E-state index contributed by atoms with van der Waals surface area (Å²) in [6.07, 6.45) is 1.89. The van der Waals surface area contributed by atoms with Gasteiger partial charge in [-0.05, 0) is 36.5 Å². The van der Waals surface area contributed by atoms with E-state index < -0.39 is 27.1 Å². The fraction of sp³-hybridized carbons (Fsp3) is 0.235. The third-order valence-corrected chi connectivity index (χ3v) is 4.45. The van der Waals surface area contributed by atoms with Gasteiger partial charge in [-0.1, -0.05) is 23.7 Å². The van der Waals surface area contributed by atoms with Crippen molar-refractivity contribution in [2.45, 2.75) is 18.9 Å². The SMILES string of the molecule is O=C(NC(c1ccc(Cl)cc1)C1CC1)c1cc([N+](=O)[O-])cc([N+](=O)[O-])c1. The highest BCUT2D eigenvalue weighted by molar-refractivity contribution is 6.30. The highest BCUT2D eigenvalue weighted by Crippen LogP contribution is 2.41. The van der Waals surface area contributed by atoms with Crippen LogP contribution in [-0.4, -0.2) is 15.8 Å². The highest BCUT2D eigenvalue weighted by atomic mass is 35.5. The van der Waals surface area contributed by atoms with Crippen molar-refractivity contribution < 1.29 is 14.6 Å². The molecule has 0 spiro atoms. The lowest BCUT2D eigenvalue weighted by Crippen LogP contribution is -2.30. The minimum absolute atomic E-state index is 0.120. The highest BCUT2D eigenvalue weighted by Gasteiger charge is 2.34. The molecule has 0 heterocycles. The Kier molecular flexibility index (Phi) is 4.85. The molecule has 2 aromatic rings. The van der Waals surface area contributed by atoms with Gasteiger partial charge in [0.2, 0.25) is 0 Å². The van der Waals surface area contributed by atoms with E-state index in [0.29, 0.717) is 5.02 Å². The molecule has 0 aliphatic heterocycles. The zero-order chi connectivity index (χ0) is 18.8. The molecule has 2 aromatic carbocycles. The molecule has 1 N–H and O–H groups in total. The molecule has 26 heavy (non-hydrogen) atoms. The van der Waals surface area contributed by atoms with E-state index >= 15 is 0 Å². The summed E-state index contributed by atoms with van der Waals surface area (Å²) in [7, 11) is 0. The third-order valence-electron chi connectivity index (χ3n) is 4.20. The lowest BCUT2D eigenvalue weighted by molar-refractivity contribution is -0.394. The fourth-order valence-electron chi connectivity index (χ4n) is 2.73. The lowest BCUT2D eigenvalue weighted by atomic mass is 10.0. The van der Waals surface area contributed by atoms with E-state index in [1.165, 1.54) is 0 Å². The number of halogens is 1. The van der Waals surface area contributed by atoms with Gasteiger partial charge in [-0.15, -0.1) is 0 Å². The van der Waals surface area contributed by atoms with Crippen molar-refractivity contribution in [3.63, 3.8) is 0 Å². The normalized spacial score (nSPS) is 14.5. The van der Waals surface area contributed by atoms with Gasteiger partial charge >= 0.3 is 0 Å². The second kappa shape index (κ2) is 7.09. The van der Waals surface area contributed by atoms with Gasteiger partial charge in [-0.2, -0.15) is 0 Å².